The average Bonchev–Trinajstić information content (AvgIpc) is 3.19. The van der Waals surface area contributed by atoms with Crippen molar-refractivity contribution in [1.29, 1.82) is 0 Å². The maximum Gasteiger partial charge on any atom is 0.0714 e. The minimum Gasteiger partial charge on any atom is -0.256 e. The van der Waals surface area contributed by atoms with Crippen molar-refractivity contribution in [3.63, 3.8) is 0 Å². The summed E-state index contributed by atoms with van der Waals surface area (Å²) in [6.45, 7) is 0. The second-order valence-corrected chi connectivity index (χ2v) is 13.1. The van der Waals surface area contributed by atoms with Crippen LogP contribution in [0.4, 0.5) is 0 Å². The Morgan fingerprint density at radius 2 is 0.780 bits per heavy atom. The van der Waals surface area contributed by atoms with Crippen LogP contribution >= 0.6 is 0 Å². The number of aromatic nitrogens is 1. The van der Waals surface area contributed by atoms with E-state index in [0.29, 0.717) is 0 Å². The van der Waals surface area contributed by atoms with Gasteiger partial charge in [0.1, 0.15) is 0 Å². The maximum absolute atomic E-state index is 4.71. The monoisotopic (exact) mass is 633 g/mol. The molecule has 1 heterocycles. The van der Waals surface area contributed by atoms with Crippen LogP contribution in [0.25, 0.3) is 98.5 Å². The first kappa shape index (κ1) is 28.4. The summed E-state index contributed by atoms with van der Waals surface area (Å²) in [7, 11) is 0. The van der Waals surface area contributed by atoms with Gasteiger partial charge in [0.2, 0.25) is 0 Å². The fraction of sp³-hybridized carbons (Fsp3) is 0. The number of fused-ring (bicyclic) bond motifs is 6. The predicted molar refractivity (Wildman–Crippen MR) is 214 cm³/mol. The predicted octanol–water partition coefficient (Wildman–Crippen LogP) is 13.5. The van der Waals surface area contributed by atoms with E-state index >= 15 is 0 Å². The molecule has 0 atom stereocenters. The van der Waals surface area contributed by atoms with Crippen LogP contribution in [0.3, 0.4) is 0 Å². The maximum atomic E-state index is 4.71. The Balaban J connectivity index is 1.15. The minimum atomic E-state index is 1.02. The first-order chi connectivity index (χ1) is 24.8. The molecule has 1 nitrogen and oxygen atoms in total. The van der Waals surface area contributed by atoms with Crippen molar-refractivity contribution in [3.05, 3.63) is 188 Å². The van der Waals surface area contributed by atoms with Gasteiger partial charge in [-0.2, -0.15) is 0 Å². The molecule has 0 aliphatic carbocycles. The lowest BCUT2D eigenvalue weighted by Gasteiger charge is -2.19. The molecule has 0 amide bonds. The molecule has 232 valence electrons. The fourth-order valence-corrected chi connectivity index (χ4v) is 7.95. The third-order valence-corrected chi connectivity index (χ3v) is 10.3. The summed E-state index contributed by atoms with van der Waals surface area (Å²) in [6.07, 6.45) is 1.88. The van der Waals surface area contributed by atoms with E-state index in [0.717, 1.165) is 5.52 Å². The topological polar surface area (TPSA) is 12.9 Å². The number of pyridine rings is 1. The quantitative estimate of drug-likeness (QED) is 0.139. The SMILES string of the molecule is c1ccc(-c2c3ccccc3c(-c3ccccc3)c3cc(-c4ccc5cc(-c6cc7ncccc7c7ccccc67)ccc5c4)ccc23)cc1. The van der Waals surface area contributed by atoms with E-state index in [2.05, 4.69) is 176 Å². The minimum absolute atomic E-state index is 1.02. The molecule has 0 aliphatic heterocycles. The molecular formula is C49H31N. The van der Waals surface area contributed by atoms with Crippen LogP contribution in [0.15, 0.2) is 188 Å². The zero-order valence-corrected chi connectivity index (χ0v) is 27.3. The highest BCUT2D eigenvalue weighted by Crippen LogP contribution is 2.45. The van der Waals surface area contributed by atoms with E-state index in [9.17, 15) is 0 Å². The van der Waals surface area contributed by atoms with Gasteiger partial charge in [0.25, 0.3) is 0 Å². The molecule has 0 aliphatic rings. The summed E-state index contributed by atoms with van der Waals surface area (Å²) >= 11 is 0. The van der Waals surface area contributed by atoms with Gasteiger partial charge in [0.15, 0.2) is 0 Å². The normalized spacial score (nSPS) is 11.6. The molecule has 0 bridgehead atoms. The van der Waals surface area contributed by atoms with E-state index < -0.39 is 0 Å². The van der Waals surface area contributed by atoms with Gasteiger partial charge < -0.3 is 0 Å². The van der Waals surface area contributed by atoms with Crippen LogP contribution in [-0.4, -0.2) is 4.98 Å². The molecule has 1 aromatic heterocycles. The number of hydrogen-bond donors (Lipinski definition) is 0. The second-order valence-electron chi connectivity index (χ2n) is 13.1. The number of benzene rings is 9. The average molecular weight is 634 g/mol. The van der Waals surface area contributed by atoms with Crippen molar-refractivity contribution >= 4 is 54.0 Å². The summed E-state index contributed by atoms with van der Waals surface area (Å²) in [5.74, 6) is 0. The van der Waals surface area contributed by atoms with Crippen molar-refractivity contribution in [3.8, 4) is 44.5 Å². The highest BCUT2D eigenvalue weighted by atomic mass is 14.6. The molecule has 0 N–H and O–H groups in total. The smallest absolute Gasteiger partial charge is 0.0714 e. The molecular weight excluding hydrogens is 603 g/mol. The Kier molecular flexibility index (Phi) is 6.57. The molecule has 0 spiro atoms. The van der Waals surface area contributed by atoms with Gasteiger partial charge in [-0.25, -0.2) is 0 Å². The van der Waals surface area contributed by atoms with E-state index in [4.69, 9.17) is 4.98 Å². The molecule has 0 saturated carbocycles. The number of nitrogens with zero attached hydrogens (tertiary/aromatic N) is 1. The Labute approximate surface area is 290 Å². The highest BCUT2D eigenvalue weighted by molar-refractivity contribution is 6.22. The second kappa shape index (κ2) is 11.5. The van der Waals surface area contributed by atoms with Crippen molar-refractivity contribution in [2.45, 2.75) is 0 Å². The van der Waals surface area contributed by atoms with E-state index in [-0.39, 0.29) is 0 Å². The zero-order chi connectivity index (χ0) is 33.0. The fourth-order valence-electron chi connectivity index (χ4n) is 7.95. The van der Waals surface area contributed by atoms with Gasteiger partial charge in [0, 0.05) is 11.6 Å². The molecule has 10 rings (SSSR count). The Morgan fingerprint density at radius 1 is 0.280 bits per heavy atom. The molecule has 1 heteroatoms. The largest absolute Gasteiger partial charge is 0.256 e. The van der Waals surface area contributed by atoms with Gasteiger partial charge in [-0.15, -0.1) is 0 Å². The first-order valence-corrected chi connectivity index (χ1v) is 17.2. The van der Waals surface area contributed by atoms with E-state index in [1.165, 1.54) is 93.0 Å². The molecule has 0 saturated heterocycles. The van der Waals surface area contributed by atoms with Gasteiger partial charge in [-0.3, -0.25) is 4.98 Å². The van der Waals surface area contributed by atoms with Crippen LogP contribution in [0.5, 0.6) is 0 Å². The summed E-state index contributed by atoms with van der Waals surface area (Å²) in [5.41, 5.74) is 10.9. The summed E-state index contributed by atoms with van der Waals surface area (Å²) in [5, 5.41) is 11.2. The molecule has 9 aromatic carbocycles. The lowest BCUT2D eigenvalue weighted by atomic mass is 9.85. The first-order valence-electron chi connectivity index (χ1n) is 17.2. The van der Waals surface area contributed by atoms with Crippen molar-refractivity contribution < 1.29 is 0 Å². The van der Waals surface area contributed by atoms with Crippen LogP contribution in [0, 0.1) is 0 Å². The van der Waals surface area contributed by atoms with E-state index in [1.807, 2.05) is 12.3 Å². The standard InChI is InChI=1S/C49H31N/c1-3-12-32(13-4-1)48-42-18-9-10-19-43(42)49(33-14-5-2-6-15-33)46-30-37(25-26-44(46)48)35-21-22-36-29-38(24-23-34(36)28-35)45-31-47-41(20-11-27-50-47)39-16-7-8-17-40(39)45/h1-31H. The molecule has 10 aromatic rings. The Hall–Kier alpha value is -6.57. The van der Waals surface area contributed by atoms with Gasteiger partial charge in [-0.05, 0) is 118 Å². The van der Waals surface area contributed by atoms with Crippen LogP contribution < -0.4 is 0 Å². The molecule has 0 radical (unpaired) electrons. The lowest BCUT2D eigenvalue weighted by Crippen LogP contribution is -1.91. The lowest BCUT2D eigenvalue weighted by molar-refractivity contribution is 1.42. The summed E-state index contributed by atoms with van der Waals surface area (Å²) in [6, 6.07) is 66.4. The molecule has 0 fully saturated rings. The number of rotatable bonds is 4. The summed E-state index contributed by atoms with van der Waals surface area (Å²) < 4.78 is 0. The molecule has 50 heavy (non-hydrogen) atoms. The van der Waals surface area contributed by atoms with Gasteiger partial charge >= 0.3 is 0 Å². The van der Waals surface area contributed by atoms with Crippen molar-refractivity contribution in [2.24, 2.45) is 0 Å². The van der Waals surface area contributed by atoms with Crippen molar-refractivity contribution in [1.82, 2.24) is 4.98 Å². The Bertz CT molecular complexity index is 2910. The van der Waals surface area contributed by atoms with Crippen LogP contribution in [-0.2, 0) is 0 Å². The zero-order valence-electron chi connectivity index (χ0n) is 27.3. The van der Waals surface area contributed by atoms with Crippen molar-refractivity contribution in [2.75, 3.05) is 0 Å². The van der Waals surface area contributed by atoms with Gasteiger partial charge in [0.05, 0.1) is 5.52 Å². The third-order valence-electron chi connectivity index (χ3n) is 10.3. The van der Waals surface area contributed by atoms with Gasteiger partial charge in [-0.1, -0.05) is 152 Å². The Morgan fingerprint density at radius 3 is 1.48 bits per heavy atom. The number of hydrogen-bond acceptors (Lipinski definition) is 1. The summed E-state index contributed by atoms with van der Waals surface area (Å²) in [4.78, 5) is 4.71. The highest BCUT2D eigenvalue weighted by Gasteiger charge is 2.17. The van der Waals surface area contributed by atoms with Crippen LogP contribution in [0.2, 0.25) is 0 Å². The molecule has 0 unspecified atom stereocenters. The third kappa shape index (κ3) is 4.59. The van der Waals surface area contributed by atoms with E-state index in [1.54, 1.807) is 0 Å². The van der Waals surface area contributed by atoms with Crippen LogP contribution in [0.1, 0.15) is 0 Å².